The van der Waals surface area contributed by atoms with Crippen LogP contribution >= 0.6 is 0 Å². The fourth-order valence-corrected chi connectivity index (χ4v) is 2.96. The summed E-state index contributed by atoms with van der Waals surface area (Å²) in [4.78, 5) is 37.7. The molecule has 2 aliphatic heterocycles. The van der Waals surface area contributed by atoms with Crippen molar-refractivity contribution in [3.63, 3.8) is 0 Å². The van der Waals surface area contributed by atoms with Gasteiger partial charge in [0, 0.05) is 18.9 Å². The molecule has 1 saturated heterocycles. The highest BCUT2D eigenvalue weighted by molar-refractivity contribution is 6.17. The summed E-state index contributed by atoms with van der Waals surface area (Å²) >= 11 is 0. The summed E-state index contributed by atoms with van der Waals surface area (Å²) in [6.45, 7) is -0.541. The smallest absolute Gasteiger partial charge is 0.392 e. The van der Waals surface area contributed by atoms with E-state index in [2.05, 4.69) is 5.92 Å². The van der Waals surface area contributed by atoms with Crippen LogP contribution in [-0.2, 0) is 14.4 Å². The van der Waals surface area contributed by atoms with E-state index in [1.807, 2.05) is 0 Å². The highest BCUT2D eigenvalue weighted by atomic mass is 19.4. The molecule has 142 valence electrons. The molecule has 0 bridgehead atoms. The van der Waals surface area contributed by atoms with Crippen LogP contribution in [-0.4, -0.2) is 37.0 Å². The van der Waals surface area contributed by atoms with Gasteiger partial charge in [0.1, 0.15) is 5.75 Å². The Morgan fingerprint density at radius 3 is 2.30 bits per heavy atom. The number of imide groups is 1. The molecule has 27 heavy (non-hydrogen) atoms. The van der Waals surface area contributed by atoms with E-state index in [4.69, 9.17) is 11.2 Å². The van der Waals surface area contributed by atoms with Crippen molar-refractivity contribution >= 4 is 29.1 Å². The van der Waals surface area contributed by atoms with Gasteiger partial charge in [0.15, 0.2) is 12.4 Å². The summed E-state index contributed by atoms with van der Waals surface area (Å²) in [7, 11) is 0. The van der Waals surface area contributed by atoms with Gasteiger partial charge in [0.2, 0.25) is 11.8 Å². The lowest BCUT2D eigenvalue weighted by molar-refractivity contribution is -0.185. The topological polar surface area (TPSA) is 66.9 Å². The fraction of sp³-hybridized carbons (Fsp3) is 0.353. The highest BCUT2D eigenvalue weighted by Crippen LogP contribution is 2.41. The quantitative estimate of drug-likeness (QED) is 0.445. The second-order valence-electron chi connectivity index (χ2n) is 6.01. The molecule has 0 spiro atoms. The van der Waals surface area contributed by atoms with Gasteiger partial charge in [-0.1, -0.05) is 5.92 Å². The Balaban J connectivity index is 2.01. The van der Waals surface area contributed by atoms with Gasteiger partial charge in [-0.05, 0) is 6.07 Å². The molecule has 1 fully saturated rings. The number of rotatable bonds is 2. The first-order valence-electron chi connectivity index (χ1n) is 7.76. The van der Waals surface area contributed by atoms with Gasteiger partial charge in [0.25, 0.3) is 5.91 Å². The van der Waals surface area contributed by atoms with E-state index in [0.29, 0.717) is 4.90 Å². The van der Waals surface area contributed by atoms with Crippen molar-refractivity contribution in [2.45, 2.75) is 19.0 Å². The maximum atomic E-state index is 14.5. The maximum absolute atomic E-state index is 14.5. The first kappa shape index (κ1) is 18.7. The van der Waals surface area contributed by atoms with E-state index in [0.717, 1.165) is 17.0 Å². The molecule has 0 unspecified atom stereocenters. The van der Waals surface area contributed by atoms with E-state index < -0.39 is 54.2 Å². The lowest BCUT2D eigenvalue weighted by Gasteiger charge is -2.33. The number of terminal acetylenes is 1. The van der Waals surface area contributed by atoms with Crippen molar-refractivity contribution < 1.29 is 36.7 Å². The van der Waals surface area contributed by atoms with Crippen molar-refractivity contribution in [1.29, 1.82) is 0 Å². The third kappa shape index (κ3) is 3.32. The molecule has 0 aromatic heterocycles. The normalized spacial score (nSPS) is 18.3. The third-order valence-electron chi connectivity index (χ3n) is 4.27. The van der Waals surface area contributed by atoms with Crippen molar-refractivity contribution in [3.8, 4) is 18.1 Å². The number of carbonyl (C=O) groups is 3. The Kier molecular flexibility index (Phi) is 4.55. The number of hydrogen-bond donors (Lipinski definition) is 0. The van der Waals surface area contributed by atoms with Gasteiger partial charge in [0.05, 0.1) is 23.8 Å². The molecule has 2 heterocycles. The van der Waals surface area contributed by atoms with E-state index in [1.54, 1.807) is 0 Å². The molecule has 3 rings (SSSR count). The van der Waals surface area contributed by atoms with E-state index in [9.17, 15) is 31.9 Å². The molecule has 0 N–H and O–H groups in total. The van der Waals surface area contributed by atoms with Crippen LogP contribution in [0.3, 0.4) is 0 Å². The van der Waals surface area contributed by atoms with Gasteiger partial charge in [-0.15, -0.1) is 6.42 Å². The zero-order valence-electron chi connectivity index (χ0n) is 13.7. The number of piperidine rings is 1. The number of benzene rings is 1. The average Bonchev–Trinajstić information content (AvgIpc) is 2.57. The Morgan fingerprint density at radius 2 is 1.74 bits per heavy atom. The largest absolute Gasteiger partial charge is 0.481 e. The maximum Gasteiger partial charge on any atom is 0.392 e. The zero-order valence-corrected chi connectivity index (χ0v) is 13.7. The van der Waals surface area contributed by atoms with Gasteiger partial charge >= 0.3 is 6.18 Å². The molecule has 1 aromatic carbocycles. The Labute approximate surface area is 150 Å². The van der Waals surface area contributed by atoms with Crippen LogP contribution in [0.15, 0.2) is 12.1 Å². The summed E-state index contributed by atoms with van der Waals surface area (Å²) < 4.78 is 58.0. The van der Waals surface area contributed by atoms with Crippen LogP contribution in [0.5, 0.6) is 5.75 Å². The van der Waals surface area contributed by atoms with E-state index in [1.165, 1.54) is 0 Å². The number of alkyl halides is 3. The average molecular weight is 384 g/mol. The van der Waals surface area contributed by atoms with Crippen LogP contribution < -0.4 is 14.5 Å². The number of carbonyl (C=O) groups excluding carboxylic acids is 3. The van der Waals surface area contributed by atoms with Crippen LogP contribution in [0.25, 0.3) is 0 Å². The van der Waals surface area contributed by atoms with Crippen molar-refractivity contribution in [1.82, 2.24) is 0 Å². The monoisotopic (exact) mass is 384 g/mol. The predicted octanol–water partition coefficient (Wildman–Crippen LogP) is 2.02. The van der Waals surface area contributed by atoms with E-state index >= 15 is 0 Å². The van der Waals surface area contributed by atoms with Crippen LogP contribution in [0, 0.1) is 24.1 Å². The lowest BCUT2D eigenvalue weighted by Crippen LogP contribution is -2.47. The molecule has 0 aliphatic carbocycles. The fourth-order valence-electron chi connectivity index (χ4n) is 2.96. The van der Waals surface area contributed by atoms with Crippen molar-refractivity contribution in [2.24, 2.45) is 5.92 Å². The van der Waals surface area contributed by atoms with Gasteiger partial charge in [-0.3, -0.25) is 19.3 Å². The number of nitrogens with zero attached hydrogens (tertiary/aromatic N) is 2. The third-order valence-corrected chi connectivity index (χ3v) is 4.27. The molecule has 0 saturated carbocycles. The summed E-state index contributed by atoms with van der Waals surface area (Å²) in [5, 5.41) is 0. The molecule has 10 heteroatoms. The SMILES string of the molecule is C#CCN1C(=O)COc2cc(F)c(N3C(=O)CC(C(F)(F)F)CC3=O)cc21. The number of hydrogen-bond acceptors (Lipinski definition) is 4. The number of amides is 3. The van der Waals surface area contributed by atoms with Crippen molar-refractivity contribution in [3.05, 3.63) is 17.9 Å². The predicted molar refractivity (Wildman–Crippen MR) is 84.4 cm³/mol. The molecule has 2 aliphatic rings. The number of ether oxygens (including phenoxy) is 1. The number of fused-ring (bicyclic) bond motifs is 1. The molecular weight excluding hydrogens is 372 g/mol. The van der Waals surface area contributed by atoms with Gasteiger partial charge in [-0.2, -0.15) is 13.2 Å². The summed E-state index contributed by atoms with van der Waals surface area (Å²) in [6.07, 6.45) is -1.46. The molecular formula is C17H12F4N2O4. The summed E-state index contributed by atoms with van der Waals surface area (Å²) in [6, 6.07) is 1.86. The molecule has 6 nitrogen and oxygen atoms in total. The Bertz CT molecular complexity index is 857. The molecule has 1 aromatic rings. The second kappa shape index (κ2) is 6.57. The summed E-state index contributed by atoms with van der Waals surface area (Å²) in [5.41, 5.74) is -0.524. The lowest BCUT2D eigenvalue weighted by atomic mass is 9.94. The summed E-state index contributed by atoms with van der Waals surface area (Å²) in [5.74, 6) is -3.83. The van der Waals surface area contributed by atoms with Crippen LogP contribution in [0.2, 0.25) is 0 Å². The Hall–Kier alpha value is -3.09. The number of halogens is 4. The van der Waals surface area contributed by atoms with Gasteiger partial charge < -0.3 is 4.74 Å². The standard InChI is InChI=1S/C17H12F4N2O4/c1-2-3-22-12-7-11(10(18)6-13(12)27-8-16(22)26)23-14(24)4-9(5-15(23)25)17(19,20)21/h1,6-7,9H,3-5,8H2. The molecule has 0 atom stereocenters. The zero-order chi connectivity index (χ0) is 19.9. The van der Waals surface area contributed by atoms with E-state index in [-0.39, 0.29) is 24.6 Å². The highest BCUT2D eigenvalue weighted by Gasteiger charge is 2.48. The Morgan fingerprint density at radius 1 is 1.11 bits per heavy atom. The van der Waals surface area contributed by atoms with Crippen molar-refractivity contribution in [2.75, 3.05) is 23.0 Å². The first-order chi connectivity index (χ1) is 12.6. The second-order valence-corrected chi connectivity index (χ2v) is 6.01. The van der Waals surface area contributed by atoms with Crippen LogP contribution in [0.1, 0.15) is 12.8 Å². The van der Waals surface area contributed by atoms with Gasteiger partial charge in [-0.25, -0.2) is 9.29 Å². The van der Waals surface area contributed by atoms with Crippen LogP contribution in [0.4, 0.5) is 28.9 Å². The molecule has 0 radical (unpaired) electrons. The minimum atomic E-state index is -4.71. The minimum absolute atomic E-state index is 0.0270. The molecule has 3 amide bonds. The minimum Gasteiger partial charge on any atom is -0.481 e. The number of anilines is 2. The first-order valence-corrected chi connectivity index (χ1v) is 7.76.